The molecule has 0 spiro atoms. The van der Waals surface area contributed by atoms with Crippen LogP contribution in [0.3, 0.4) is 0 Å². The molecular formula is C20H35ClN6O2. The first-order chi connectivity index (χ1) is 13.7. The second kappa shape index (κ2) is 10.2. The number of nitrogens with one attached hydrogen (secondary N) is 2. The summed E-state index contributed by atoms with van der Waals surface area (Å²) in [5.41, 5.74) is 1.43. The fraction of sp³-hybridized carbons (Fsp3) is 0.850. The molecule has 4 rings (SSSR count). The molecule has 3 aliphatic rings. The quantitative estimate of drug-likeness (QED) is 0.745. The summed E-state index contributed by atoms with van der Waals surface area (Å²) in [5.74, 6) is -0.0871. The van der Waals surface area contributed by atoms with Gasteiger partial charge in [-0.15, -0.1) is 17.5 Å². The van der Waals surface area contributed by atoms with Crippen LogP contribution in [0.2, 0.25) is 0 Å². The predicted octanol–water partition coefficient (Wildman–Crippen LogP) is 1.70. The fourth-order valence-electron chi connectivity index (χ4n) is 5.13. The molecule has 0 bridgehead atoms. The van der Waals surface area contributed by atoms with Crippen molar-refractivity contribution >= 4 is 18.3 Å². The highest BCUT2D eigenvalue weighted by Gasteiger charge is 2.39. The van der Waals surface area contributed by atoms with Crippen LogP contribution in [0.5, 0.6) is 0 Å². The number of halogens is 1. The molecule has 0 radical (unpaired) electrons. The third-order valence-corrected chi connectivity index (χ3v) is 6.84. The van der Waals surface area contributed by atoms with E-state index in [-0.39, 0.29) is 23.9 Å². The van der Waals surface area contributed by atoms with Gasteiger partial charge >= 0.3 is 0 Å². The van der Waals surface area contributed by atoms with Gasteiger partial charge in [0.2, 0.25) is 0 Å². The highest BCUT2D eigenvalue weighted by atomic mass is 35.5. The van der Waals surface area contributed by atoms with Crippen molar-refractivity contribution < 1.29 is 9.53 Å². The number of hydrogen-bond acceptors (Lipinski definition) is 6. The van der Waals surface area contributed by atoms with Crippen LogP contribution in [-0.2, 0) is 4.74 Å². The topological polar surface area (TPSA) is 84.3 Å². The molecular weight excluding hydrogens is 392 g/mol. The Morgan fingerprint density at radius 3 is 2.59 bits per heavy atom. The van der Waals surface area contributed by atoms with Crippen LogP contribution in [0, 0.1) is 6.92 Å². The molecule has 8 nitrogen and oxygen atoms in total. The summed E-state index contributed by atoms with van der Waals surface area (Å²) in [6.07, 6.45) is 8.12. The number of hydrogen-bond donors (Lipinski definition) is 2. The van der Waals surface area contributed by atoms with Crippen molar-refractivity contribution in [3.05, 3.63) is 11.4 Å². The lowest BCUT2D eigenvalue weighted by molar-refractivity contribution is -0.0361. The minimum absolute atomic E-state index is 0. The van der Waals surface area contributed by atoms with Crippen molar-refractivity contribution in [2.24, 2.45) is 0 Å². The van der Waals surface area contributed by atoms with Gasteiger partial charge in [0.1, 0.15) is 0 Å². The van der Waals surface area contributed by atoms with Gasteiger partial charge in [0.25, 0.3) is 5.91 Å². The molecule has 2 saturated heterocycles. The Balaban J connectivity index is 0.00000240. The molecule has 3 heterocycles. The number of aromatic nitrogens is 3. The number of ether oxygens (including phenoxy) is 1. The molecule has 9 heteroatoms. The van der Waals surface area contributed by atoms with E-state index in [9.17, 15) is 4.79 Å². The van der Waals surface area contributed by atoms with E-state index in [1.165, 1.54) is 19.3 Å². The van der Waals surface area contributed by atoms with E-state index in [1.807, 2.05) is 11.6 Å². The molecule has 0 atom stereocenters. The molecule has 1 aliphatic carbocycles. The van der Waals surface area contributed by atoms with Crippen molar-refractivity contribution in [2.45, 2.75) is 63.5 Å². The number of amides is 1. The van der Waals surface area contributed by atoms with Crippen LogP contribution in [0.25, 0.3) is 0 Å². The van der Waals surface area contributed by atoms with E-state index in [0.717, 1.165) is 70.8 Å². The van der Waals surface area contributed by atoms with Crippen molar-refractivity contribution in [3.63, 3.8) is 0 Å². The minimum atomic E-state index is -0.0871. The Hall–Kier alpha value is -1.22. The van der Waals surface area contributed by atoms with Gasteiger partial charge in [0.05, 0.1) is 24.9 Å². The van der Waals surface area contributed by atoms with E-state index in [2.05, 4.69) is 25.8 Å². The average molecular weight is 427 g/mol. The third-order valence-electron chi connectivity index (χ3n) is 6.84. The number of nitrogens with zero attached hydrogens (tertiary/aromatic N) is 4. The average Bonchev–Trinajstić information content (AvgIpc) is 3.15. The smallest absolute Gasteiger partial charge is 0.273 e. The fourth-order valence-corrected chi connectivity index (χ4v) is 5.13. The maximum atomic E-state index is 12.9. The molecule has 0 unspecified atom stereocenters. The summed E-state index contributed by atoms with van der Waals surface area (Å²) in [6.45, 7) is 8.14. The van der Waals surface area contributed by atoms with Gasteiger partial charge < -0.3 is 15.4 Å². The summed E-state index contributed by atoms with van der Waals surface area (Å²) in [6, 6.07) is 0.341. The third kappa shape index (κ3) is 4.93. The highest BCUT2D eigenvalue weighted by Crippen LogP contribution is 2.34. The number of piperidine rings is 1. The molecule has 1 saturated carbocycles. The summed E-state index contributed by atoms with van der Waals surface area (Å²) in [4.78, 5) is 15.5. The number of carbonyl (C=O) groups excluding carboxylic acids is 1. The summed E-state index contributed by atoms with van der Waals surface area (Å²) < 4.78 is 7.50. The second-order valence-electron chi connectivity index (χ2n) is 8.52. The molecule has 0 aromatic carbocycles. The number of morpholine rings is 1. The molecule has 2 aliphatic heterocycles. The van der Waals surface area contributed by atoms with Crippen molar-refractivity contribution in [1.82, 2.24) is 30.5 Å². The van der Waals surface area contributed by atoms with E-state index in [4.69, 9.17) is 4.74 Å². The van der Waals surface area contributed by atoms with E-state index < -0.39 is 0 Å². The van der Waals surface area contributed by atoms with Crippen LogP contribution >= 0.6 is 12.4 Å². The summed E-state index contributed by atoms with van der Waals surface area (Å²) in [7, 11) is 0. The molecule has 1 aromatic heterocycles. The minimum Gasteiger partial charge on any atom is -0.379 e. The Bertz CT molecular complexity index is 664. The van der Waals surface area contributed by atoms with Gasteiger partial charge in [-0.1, -0.05) is 24.5 Å². The standard InChI is InChI=1S/C20H34N6O2.ClH/c1-16-18(23-24-26(16)17-5-9-21-10-6-17)19(27)22-15-20(7-3-2-4-8-20)25-11-13-28-14-12-25;/h17,21H,2-15H2,1H3,(H,22,27);1H. The van der Waals surface area contributed by atoms with E-state index >= 15 is 0 Å². The first kappa shape index (κ1) is 22.5. The lowest BCUT2D eigenvalue weighted by Crippen LogP contribution is -2.59. The van der Waals surface area contributed by atoms with E-state index in [1.54, 1.807) is 0 Å². The predicted molar refractivity (Wildman–Crippen MR) is 114 cm³/mol. The van der Waals surface area contributed by atoms with Gasteiger partial charge in [-0.25, -0.2) is 4.68 Å². The van der Waals surface area contributed by atoms with Crippen molar-refractivity contribution in [1.29, 1.82) is 0 Å². The first-order valence-electron chi connectivity index (χ1n) is 10.9. The Kier molecular flexibility index (Phi) is 7.90. The Morgan fingerprint density at radius 2 is 1.90 bits per heavy atom. The van der Waals surface area contributed by atoms with Crippen LogP contribution in [-0.4, -0.2) is 77.3 Å². The van der Waals surface area contributed by atoms with Gasteiger partial charge in [-0.2, -0.15) is 0 Å². The lowest BCUT2D eigenvalue weighted by atomic mass is 9.79. The molecule has 1 aromatic rings. The van der Waals surface area contributed by atoms with Gasteiger partial charge in [0, 0.05) is 25.2 Å². The zero-order chi connectivity index (χ0) is 19.4. The van der Waals surface area contributed by atoms with E-state index in [0.29, 0.717) is 18.3 Å². The molecule has 2 N–H and O–H groups in total. The highest BCUT2D eigenvalue weighted by molar-refractivity contribution is 5.93. The normalized spacial score (nSPS) is 23.3. The van der Waals surface area contributed by atoms with Gasteiger partial charge in [0.15, 0.2) is 5.69 Å². The number of rotatable bonds is 5. The SMILES string of the molecule is Cc1c(C(=O)NCC2(N3CCOCC3)CCCCC2)nnn1C1CCNCC1.Cl. The van der Waals surface area contributed by atoms with Gasteiger partial charge in [-0.3, -0.25) is 9.69 Å². The zero-order valence-electron chi connectivity index (χ0n) is 17.5. The Morgan fingerprint density at radius 1 is 1.21 bits per heavy atom. The van der Waals surface area contributed by atoms with Gasteiger partial charge in [-0.05, 0) is 45.7 Å². The first-order valence-corrected chi connectivity index (χ1v) is 10.9. The van der Waals surface area contributed by atoms with Crippen molar-refractivity contribution in [3.8, 4) is 0 Å². The largest absolute Gasteiger partial charge is 0.379 e. The zero-order valence-corrected chi connectivity index (χ0v) is 18.3. The van der Waals surface area contributed by atoms with Crippen molar-refractivity contribution in [2.75, 3.05) is 45.9 Å². The summed E-state index contributed by atoms with van der Waals surface area (Å²) >= 11 is 0. The van der Waals surface area contributed by atoms with Crippen LogP contribution in [0.1, 0.15) is 67.2 Å². The molecule has 29 heavy (non-hydrogen) atoms. The molecule has 164 valence electrons. The monoisotopic (exact) mass is 426 g/mol. The second-order valence-corrected chi connectivity index (χ2v) is 8.52. The van der Waals surface area contributed by atoms with Crippen LogP contribution < -0.4 is 10.6 Å². The van der Waals surface area contributed by atoms with Crippen LogP contribution in [0.4, 0.5) is 0 Å². The molecule has 3 fully saturated rings. The van der Waals surface area contributed by atoms with Crippen LogP contribution in [0.15, 0.2) is 0 Å². The Labute approximate surface area is 179 Å². The summed E-state index contributed by atoms with van der Waals surface area (Å²) in [5, 5.41) is 15.1. The maximum Gasteiger partial charge on any atom is 0.273 e. The lowest BCUT2D eigenvalue weighted by Gasteiger charge is -2.48. The molecule has 1 amide bonds. The number of carbonyl (C=O) groups is 1. The maximum absolute atomic E-state index is 12.9.